The summed E-state index contributed by atoms with van der Waals surface area (Å²) in [5, 5.41) is 3.59. The zero-order valence-corrected chi connectivity index (χ0v) is 11.0. The van der Waals surface area contributed by atoms with Gasteiger partial charge >= 0.3 is 4.12 Å². The van der Waals surface area contributed by atoms with Crippen molar-refractivity contribution in [1.29, 1.82) is 0 Å². The highest BCUT2D eigenvalue weighted by Crippen LogP contribution is 2.26. The van der Waals surface area contributed by atoms with Crippen molar-refractivity contribution in [2.45, 2.75) is 10.7 Å². The highest BCUT2D eigenvalue weighted by atomic mass is 127. The number of ether oxygens (including phenoxy) is 1. The van der Waals surface area contributed by atoms with Crippen molar-refractivity contribution >= 4 is 22.6 Å². The molecule has 0 spiro atoms. The predicted octanol–water partition coefficient (Wildman–Crippen LogP) is 3.98. The smallest absolute Gasteiger partial charge is 0.356 e. The molecule has 96 valence electrons. The first-order chi connectivity index (χ1) is 8.44. The van der Waals surface area contributed by atoms with Crippen LogP contribution in [-0.4, -0.2) is 9.27 Å². The Hall–Kier alpha value is -1.09. The third kappa shape index (κ3) is 3.70. The Morgan fingerprint density at radius 3 is 2.56 bits per heavy atom. The minimum absolute atomic E-state index is 0.241. The molecule has 1 heterocycles. The lowest BCUT2D eigenvalue weighted by atomic mass is 10.1. The quantitative estimate of drug-likeness (QED) is 0.604. The van der Waals surface area contributed by atoms with E-state index >= 15 is 0 Å². The molecule has 0 aliphatic carbocycles. The van der Waals surface area contributed by atoms with Crippen LogP contribution in [-0.2, 0) is 11.3 Å². The van der Waals surface area contributed by atoms with Gasteiger partial charge < -0.3 is 9.26 Å². The monoisotopic (exact) mass is 369 g/mol. The van der Waals surface area contributed by atoms with Crippen molar-refractivity contribution in [3.63, 3.8) is 0 Å². The van der Waals surface area contributed by atoms with Crippen molar-refractivity contribution in [3.05, 3.63) is 41.8 Å². The van der Waals surface area contributed by atoms with Crippen molar-refractivity contribution in [1.82, 2.24) is 5.16 Å². The van der Waals surface area contributed by atoms with Crippen LogP contribution in [0.25, 0.3) is 11.3 Å². The molecule has 0 aliphatic heterocycles. The summed E-state index contributed by atoms with van der Waals surface area (Å²) in [7, 11) is 0. The van der Waals surface area contributed by atoms with Crippen LogP contribution in [0.4, 0.5) is 13.2 Å². The number of hydrogen-bond acceptors (Lipinski definition) is 3. The van der Waals surface area contributed by atoms with Crippen molar-refractivity contribution in [3.8, 4) is 11.3 Å². The van der Waals surface area contributed by atoms with Crippen molar-refractivity contribution < 1.29 is 22.4 Å². The number of nitrogens with zero attached hydrogens (tertiary/aromatic N) is 1. The van der Waals surface area contributed by atoms with E-state index in [4.69, 9.17) is 4.52 Å². The molecule has 1 aromatic carbocycles. The first-order valence-corrected chi connectivity index (χ1v) is 5.94. The molecule has 0 radical (unpaired) electrons. The molecule has 3 nitrogen and oxygen atoms in total. The van der Waals surface area contributed by atoms with E-state index in [-0.39, 0.29) is 18.1 Å². The highest BCUT2D eigenvalue weighted by Gasteiger charge is 2.25. The van der Waals surface area contributed by atoms with Crippen LogP contribution in [0.2, 0.25) is 0 Å². The van der Waals surface area contributed by atoms with Gasteiger partial charge in [0.05, 0.1) is 6.61 Å². The van der Waals surface area contributed by atoms with Gasteiger partial charge in [-0.3, -0.25) is 0 Å². The topological polar surface area (TPSA) is 35.3 Å². The van der Waals surface area contributed by atoms with E-state index in [9.17, 15) is 13.2 Å². The van der Waals surface area contributed by atoms with Gasteiger partial charge in [-0.15, -0.1) is 0 Å². The molecule has 0 aliphatic rings. The Morgan fingerprint density at radius 1 is 1.28 bits per heavy atom. The lowest BCUT2D eigenvalue weighted by Crippen LogP contribution is -2.10. The maximum atomic E-state index is 12.7. The fraction of sp³-hybridized carbons (Fsp3) is 0.182. The van der Waals surface area contributed by atoms with Gasteiger partial charge in [-0.25, -0.2) is 4.39 Å². The minimum Gasteiger partial charge on any atom is -0.356 e. The number of aromatic nitrogens is 1. The van der Waals surface area contributed by atoms with Crippen LogP contribution in [0, 0.1) is 5.82 Å². The van der Waals surface area contributed by atoms with Gasteiger partial charge in [0.2, 0.25) is 0 Å². The molecule has 18 heavy (non-hydrogen) atoms. The Morgan fingerprint density at radius 2 is 1.94 bits per heavy atom. The molecular formula is C11H7F3INO2. The summed E-state index contributed by atoms with van der Waals surface area (Å²) >= 11 is 0.870. The van der Waals surface area contributed by atoms with Gasteiger partial charge in [-0.05, 0) is 24.3 Å². The highest BCUT2D eigenvalue weighted by molar-refractivity contribution is 14.1. The van der Waals surface area contributed by atoms with E-state index in [1.807, 2.05) is 0 Å². The average Bonchev–Trinajstić information content (AvgIpc) is 2.75. The minimum atomic E-state index is -3.24. The number of benzene rings is 1. The Kier molecular flexibility index (Phi) is 3.91. The molecular weight excluding hydrogens is 362 g/mol. The predicted molar refractivity (Wildman–Crippen MR) is 65.7 cm³/mol. The molecule has 1 aromatic heterocycles. The van der Waals surface area contributed by atoms with Crippen LogP contribution in [0.5, 0.6) is 0 Å². The number of hydrogen-bond donors (Lipinski definition) is 0. The van der Waals surface area contributed by atoms with Gasteiger partial charge in [-0.2, -0.15) is 8.78 Å². The number of alkyl halides is 3. The fourth-order valence-corrected chi connectivity index (χ4v) is 1.44. The summed E-state index contributed by atoms with van der Waals surface area (Å²) in [6.07, 6.45) is 0. The van der Waals surface area contributed by atoms with Crippen LogP contribution in [0.1, 0.15) is 5.69 Å². The molecule has 0 atom stereocenters. The maximum Gasteiger partial charge on any atom is 0.408 e. The Labute approximate surface area is 114 Å². The van der Waals surface area contributed by atoms with E-state index in [1.54, 1.807) is 0 Å². The van der Waals surface area contributed by atoms with Gasteiger partial charge in [0.25, 0.3) is 0 Å². The molecule has 2 rings (SSSR count). The summed E-state index contributed by atoms with van der Waals surface area (Å²) in [6, 6.07) is 7.02. The molecule has 0 amide bonds. The largest absolute Gasteiger partial charge is 0.408 e. The maximum absolute atomic E-state index is 12.7. The zero-order chi connectivity index (χ0) is 13.2. The molecule has 0 bridgehead atoms. The van der Waals surface area contributed by atoms with E-state index in [2.05, 4.69) is 9.89 Å². The van der Waals surface area contributed by atoms with Crippen LogP contribution in [0.15, 0.2) is 34.9 Å². The van der Waals surface area contributed by atoms with E-state index in [0.717, 1.165) is 22.6 Å². The lowest BCUT2D eigenvalue weighted by Gasteiger charge is -2.06. The van der Waals surface area contributed by atoms with Crippen LogP contribution < -0.4 is 0 Å². The molecule has 0 N–H and O–H groups in total. The second kappa shape index (κ2) is 5.27. The van der Waals surface area contributed by atoms with E-state index in [1.165, 1.54) is 30.3 Å². The summed E-state index contributed by atoms with van der Waals surface area (Å²) < 4.78 is 43.6. The first-order valence-electron chi connectivity index (χ1n) is 4.86. The normalized spacial score (nSPS) is 11.8. The summed E-state index contributed by atoms with van der Waals surface area (Å²) in [5.74, 6) is -0.00301. The Balaban J connectivity index is 2.08. The van der Waals surface area contributed by atoms with Crippen LogP contribution in [0.3, 0.4) is 0 Å². The molecule has 2 aromatic rings. The van der Waals surface area contributed by atoms with Crippen molar-refractivity contribution in [2.75, 3.05) is 0 Å². The SMILES string of the molecule is Fc1ccc(-c2cc(COC(F)(F)I)no2)cc1. The summed E-state index contributed by atoms with van der Waals surface area (Å²) in [5.41, 5.74) is 0.849. The summed E-state index contributed by atoms with van der Waals surface area (Å²) in [6.45, 7) is -0.360. The van der Waals surface area contributed by atoms with E-state index < -0.39 is 4.12 Å². The fourth-order valence-electron chi connectivity index (χ4n) is 1.29. The number of halogens is 4. The second-order valence-electron chi connectivity index (χ2n) is 3.42. The van der Waals surface area contributed by atoms with Gasteiger partial charge in [-0.1, -0.05) is 5.16 Å². The summed E-state index contributed by atoms with van der Waals surface area (Å²) in [4.78, 5) is 0. The van der Waals surface area contributed by atoms with E-state index in [0.29, 0.717) is 11.3 Å². The molecule has 0 unspecified atom stereocenters. The van der Waals surface area contributed by atoms with Gasteiger partial charge in [0.15, 0.2) is 5.76 Å². The zero-order valence-electron chi connectivity index (χ0n) is 8.87. The third-order valence-corrected chi connectivity index (χ3v) is 2.38. The molecule has 0 saturated carbocycles. The van der Waals surface area contributed by atoms with Crippen molar-refractivity contribution in [2.24, 2.45) is 0 Å². The third-order valence-electron chi connectivity index (χ3n) is 2.07. The lowest BCUT2D eigenvalue weighted by molar-refractivity contribution is -0.155. The van der Waals surface area contributed by atoms with Gasteiger partial charge in [0, 0.05) is 34.2 Å². The Bertz CT molecular complexity index is 522. The standard InChI is InChI=1S/C11H7F3INO2/c12-8-3-1-7(2-4-8)10-5-9(16-18-10)6-17-11(13,14)15/h1-5H,6H2. The first kappa shape index (κ1) is 13.3. The number of rotatable bonds is 4. The van der Waals surface area contributed by atoms with Gasteiger partial charge in [0.1, 0.15) is 11.5 Å². The molecule has 0 saturated heterocycles. The van der Waals surface area contributed by atoms with Crippen LogP contribution >= 0.6 is 22.6 Å². The molecule has 7 heteroatoms. The second-order valence-corrected chi connectivity index (χ2v) is 4.68. The average molecular weight is 369 g/mol. The molecule has 0 fully saturated rings.